The lowest BCUT2D eigenvalue weighted by molar-refractivity contribution is 0.0690. The van der Waals surface area contributed by atoms with Crippen molar-refractivity contribution < 1.29 is 9.90 Å². The molecule has 2 heterocycles. The van der Waals surface area contributed by atoms with Crippen molar-refractivity contribution in [2.45, 2.75) is 0 Å². The molecular formula is C14H10N2O2S. The van der Waals surface area contributed by atoms with E-state index in [0.29, 0.717) is 0 Å². The number of thiophene rings is 1. The fourth-order valence-electron chi connectivity index (χ4n) is 1.81. The van der Waals surface area contributed by atoms with E-state index in [9.17, 15) is 4.79 Å². The van der Waals surface area contributed by atoms with Crippen LogP contribution in [0, 0.1) is 0 Å². The lowest BCUT2D eigenvalue weighted by atomic mass is 10.2. The molecule has 2 aromatic heterocycles. The number of carboxylic acids is 1. The predicted octanol–water partition coefficient (Wildman–Crippen LogP) is 3.74. The summed E-state index contributed by atoms with van der Waals surface area (Å²) < 4.78 is 1.24. The maximum absolute atomic E-state index is 10.7. The normalized spacial score (nSPS) is 10.5. The number of carbonyl (C=O) groups is 1. The van der Waals surface area contributed by atoms with E-state index in [1.54, 1.807) is 17.4 Å². The first-order valence-electron chi connectivity index (χ1n) is 5.66. The number of carboxylic acid groups (broad SMARTS) is 1. The number of pyridine rings is 1. The summed E-state index contributed by atoms with van der Waals surface area (Å²) in [5.41, 5.74) is 1.76. The molecule has 4 nitrogen and oxygen atoms in total. The van der Waals surface area contributed by atoms with Gasteiger partial charge >= 0.3 is 5.97 Å². The minimum absolute atomic E-state index is 0.0406. The summed E-state index contributed by atoms with van der Waals surface area (Å²) in [7, 11) is 0. The molecule has 0 saturated carbocycles. The van der Waals surface area contributed by atoms with Crippen LogP contribution in [-0.4, -0.2) is 16.1 Å². The summed E-state index contributed by atoms with van der Waals surface area (Å²) in [5, 5.41) is 15.2. The van der Waals surface area contributed by atoms with Crippen molar-refractivity contribution in [2.75, 3.05) is 5.32 Å². The highest BCUT2D eigenvalue weighted by atomic mass is 32.1. The minimum Gasteiger partial charge on any atom is -0.477 e. The van der Waals surface area contributed by atoms with Crippen molar-refractivity contribution in [3.8, 4) is 0 Å². The van der Waals surface area contributed by atoms with Crippen LogP contribution in [0.15, 0.2) is 48.0 Å². The van der Waals surface area contributed by atoms with Crippen LogP contribution >= 0.6 is 11.3 Å². The number of hydrogen-bond donors (Lipinski definition) is 2. The number of aromatic nitrogens is 1. The first-order chi connectivity index (χ1) is 9.22. The summed E-state index contributed by atoms with van der Waals surface area (Å²) in [4.78, 5) is 14.6. The Bertz CT molecular complexity index is 735. The van der Waals surface area contributed by atoms with Crippen molar-refractivity contribution in [1.29, 1.82) is 0 Å². The second-order valence-corrected chi connectivity index (χ2v) is 4.98. The van der Waals surface area contributed by atoms with Gasteiger partial charge in [-0.05, 0) is 47.2 Å². The molecule has 0 saturated heterocycles. The first-order valence-corrected chi connectivity index (χ1v) is 6.54. The van der Waals surface area contributed by atoms with E-state index in [0.717, 1.165) is 11.4 Å². The minimum atomic E-state index is -1.02. The molecule has 0 aliphatic rings. The third kappa shape index (κ3) is 2.41. The molecule has 0 atom stereocenters. The van der Waals surface area contributed by atoms with E-state index in [2.05, 4.69) is 33.9 Å². The van der Waals surface area contributed by atoms with Crippen molar-refractivity contribution in [3.63, 3.8) is 0 Å². The second-order valence-electron chi connectivity index (χ2n) is 4.04. The van der Waals surface area contributed by atoms with Gasteiger partial charge in [-0.25, -0.2) is 9.78 Å². The van der Waals surface area contributed by atoms with Crippen LogP contribution in [0.1, 0.15) is 10.5 Å². The Labute approximate surface area is 113 Å². The Morgan fingerprint density at radius 3 is 2.74 bits per heavy atom. The smallest absolute Gasteiger partial charge is 0.354 e. The molecule has 3 aromatic rings. The Morgan fingerprint density at radius 1 is 1.16 bits per heavy atom. The van der Waals surface area contributed by atoms with Crippen LogP contribution in [0.25, 0.3) is 10.1 Å². The molecule has 0 amide bonds. The molecule has 0 spiro atoms. The molecule has 19 heavy (non-hydrogen) atoms. The van der Waals surface area contributed by atoms with E-state index in [4.69, 9.17) is 5.11 Å². The van der Waals surface area contributed by atoms with Crippen LogP contribution in [0.4, 0.5) is 11.4 Å². The molecule has 0 aliphatic carbocycles. The van der Waals surface area contributed by atoms with E-state index in [1.165, 1.54) is 22.3 Å². The van der Waals surface area contributed by atoms with Crippen LogP contribution < -0.4 is 5.32 Å². The average Bonchev–Trinajstić information content (AvgIpc) is 2.87. The zero-order valence-corrected chi connectivity index (χ0v) is 10.6. The Morgan fingerprint density at radius 2 is 2.00 bits per heavy atom. The van der Waals surface area contributed by atoms with Gasteiger partial charge in [0.1, 0.15) is 5.69 Å². The number of rotatable bonds is 3. The first kappa shape index (κ1) is 11.7. The van der Waals surface area contributed by atoms with Gasteiger partial charge < -0.3 is 10.4 Å². The van der Waals surface area contributed by atoms with Gasteiger partial charge in [-0.2, -0.15) is 0 Å². The molecule has 0 bridgehead atoms. The van der Waals surface area contributed by atoms with Crippen molar-refractivity contribution in [3.05, 3.63) is 53.7 Å². The number of benzene rings is 1. The van der Waals surface area contributed by atoms with Crippen LogP contribution in [0.5, 0.6) is 0 Å². The lowest BCUT2D eigenvalue weighted by Crippen LogP contribution is -2.00. The molecule has 5 heteroatoms. The zero-order valence-electron chi connectivity index (χ0n) is 9.83. The standard InChI is InChI=1S/C14H10N2O2S/c17-14(18)12-3-1-11(8-15-12)16-10-2-4-13-9(7-10)5-6-19-13/h1-8,16H,(H,17,18). The summed E-state index contributed by atoms with van der Waals surface area (Å²) in [6, 6.07) is 11.3. The Kier molecular flexibility index (Phi) is 2.89. The number of fused-ring (bicyclic) bond motifs is 1. The molecule has 3 rings (SSSR count). The van der Waals surface area contributed by atoms with Crippen LogP contribution in [0.2, 0.25) is 0 Å². The summed E-state index contributed by atoms with van der Waals surface area (Å²) in [6.07, 6.45) is 1.52. The molecular weight excluding hydrogens is 260 g/mol. The van der Waals surface area contributed by atoms with Crippen molar-refractivity contribution in [2.24, 2.45) is 0 Å². The third-order valence-corrected chi connectivity index (χ3v) is 3.62. The maximum Gasteiger partial charge on any atom is 0.354 e. The molecule has 0 fully saturated rings. The molecule has 1 aromatic carbocycles. The van der Waals surface area contributed by atoms with E-state index in [-0.39, 0.29) is 5.69 Å². The topological polar surface area (TPSA) is 62.2 Å². The lowest BCUT2D eigenvalue weighted by Gasteiger charge is -2.06. The number of hydrogen-bond acceptors (Lipinski definition) is 4. The summed E-state index contributed by atoms with van der Waals surface area (Å²) >= 11 is 1.70. The summed E-state index contributed by atoms with van der Waals surface area (Å²) in [5.74, 6) is -1.02. The van der Waals surface area contributed by atoms with Crippen molar-refractivity contribution in [1.82, 2.24) is 4.98 Å². The molecule has 0 unspecified atom stereocenters. The third-order valence-electron chi connectivity index (χ3n) is 2.72. The number of nitrogens with zero attached hydrogens (tertiary/aromatic N) is 1. The fourth-order valence-corrected chi connectivity index (χ4v) is 2.58. The summed E-state index contributed by atoms with van der Waals surface area (Å²) in [6.45, 7) is 0. The SMILES string of the molecule is O=C(O)c1ccc(Nc2ccc3sccc3c2)cn1. The Balaban J connectivity index is 1.85. The van der Waals surface area contributed by atoms with Crippen molar-refractivity contribution >= 4 is 38.8 Å². The van der Waals surface area contributed by atoms with E-state index >= 15 is 0 Å². The van der Waals surface area contributed by atoms with Crippen LogP contribution in [-0.2, 0) is 0 Å². The number of anilines is 2. The van der Waals surface area contributed by atoms with E-state index in [1.807, 2.05) is 6.07 Å². The second kappa shape index (κ2) is 4.70. The van der Waals surface area contributed by atoms with Gasteiger partial charge in [-0.1, -0.05) is 0 Å². The van der Waals surface area contributed by atoms with Gasteiger partial charge in [-0.3, -0.25) is 0 Å². The van der Waals surface area contributed by atoms with Gasteiger partial charge in [0.25, 0.3) is 0 Å². The maximum atomic E-state index is 10.7. The quantitative estimate of drug-likeness (QED) is 0.761. The molecule has 2 N–H and O–H groups in total. The highest BCUT2D eigenvalue weighted by Crippen LogP contribution is 2.25. The van der Waals surface area contributed by atoms with Crippen LogP contribution in [0.3, 0.4) is 0 Å². The molecule has 94 valence electrons. The zero-order chi connectivity index (χ0) is 13.2. The largest absolute Gasteiger partial charge is 0.477 e. The number of nitrogens with one attached hydrogen (secondary N) is 1. The van der Waals surface area contributed by atoms with Gasteiger partial charge in [0.2, 0.25) is 0 Å². The molecule has 0 radical (unpaired) electrons. The number of aromatic carboxylic acids is 1. The highest BCUT2D eigenvalue weighted by molar-refractivity contribution is 7.17. The van der Waals surface area contributed by atoms with Gasteiger partial charge in [0, 0.05) is 10.4 Å². The Hall–Kier alpha value is -2.40. The van der Waals surface area contributed by atoms with Gasteiger partial charge in [0.05, 0.1) is 11.9 Å². The monoisotopic (exact) mass is 270 g/mol. The van der Waals surface area contributed by atoms with Gasteiger partial charge in [0.15, 0.2) is 0 Å². The van der Waals surface area contributed by atoms with Gasteiger partial charge in [-0.15, -0.1) is 11.3 Å². The van der Waals surface area contributed by atoms with E-state index < -0.39 is 5.97 Å². The molecule has 0 aliphatic heterocycles. The predicted molar refractivity (Wildman–Crippen MR) is 76.3 cm³/mol. The average molecular weight is 270 g/mol. The fraction of sp³-hybridized carbons (Fsp3) is 0. The highest BCUT2D eigenvalue weighted by Gasteiger charge is 2.04.